The Morgan fingerprint density at radius 3 is 2.45 bits per heavy atom. The second-order valence-corrected chi connectivity index (χ2v) is 5.20. The Hall–Kier alpha value is -2.04. The predicted molar refractivity (Wildman–Crippen MR) is 87.2 cm³/mol. The molecule has 4 heteroatoms. The van der Waals surface area contributed by atoms with Crippen LogP contribution in [0.15, 0.2) is 42.5 Å². The Morgan fingerprint density at radius 1 is 1.00 bits per heavy atom. The van der Waals surface area contributed by atoms with Crippen LogP contribution >= 0.6 is 0 Å². The van der Waals surface area contributed by atoms with Crippen LogP contribution < -0.4 is 14.8 Å². The number of hydrogen-bond donors (Lipinski definition) is 2. The summed E-state index contributed by atoms with van der Waals surface area (Å²) in [7, 11) is 3.27. The summed E-state index contributed by atoms with van der Waals surface area (Å²) in [6, 6.07) is 14.1. The molecule has 118 valence electrons. The summed E-state index contributed by atoms with van der Waals surface area (Å²) in [6.45, 7) is 2.90. The van der Waals surface area contributed by atoms with Crippen LogP contribution in [-0.4, -0.2) is 19.3 Å². The van der Waals surface area contributed by atoms with Crippen molar-refractivity contribution >= 4 is 0 Å². The number of methoxy groups -OCH3 is 2. The molecule has 0 aliphatic carbocycles. The zero-order valence-corrected chi connectivity index (χ0v) is 13.3. The number of rotatable bonds is 7. The van der Waals surface area contributed by atoms with Crippen LogP contribution in [-0.2, 0) is 13.2 Å². The van der Waals surface area contributed by atoms with Gasteiger partial charge >= 0.3 is 0 Å². The highest BCUT2D eigenvalue weighted by Gasteiger charge is 2.08. The van der Waals surface area contributed by atoms with Gasteiger partial charge in [-0.15, -0.1) is 0 Å². The molecule has 0 heterocycles. The summed E-state index contributed by atoms with van der Waals surface area (Å²) in [4.78, 5) is 0. The highest BCUT2D eigenvalue weighted by atomic mass is 16.5. The monoisotopic (exact) mass is 301 g/mol. The van der Waals surface area contributed by atoms with Crippen molar-refractivity contribution in [3.63, 3.8) is 0 Å². The minimum Gasteiger partial charge on any atom is -0.493 e. The molecule has 0 amide bonds. The summed E-state index contributed by atoms with van der Waals surface area (Å²) in [5.41, 5.74) is 3.21. The first-order chi connectivity index (χ1) is 10.7. The first-order valence-electron chi connectivity index (χ1n) is 7.32. The van der Waals surface area contributed by atoms with Crippen LogP contribution in [0.4, 0.5) is 0 Å². The van der Waals surface area contributed by atoms with E-state index < -0.39 is 0 Å². The third-order valence-corrected chi connectivity index (χ3v) is 3.69. The smallest absolute Gasteiger partial charge is 0.161 e. The second kappa shape index (κ2) is 7.82. The van der Waals surface area contributed by atoms with Crippen molar-refractivity contribution < 1.29 is 14.6 Å². The number of aliphatic hydroxyl groups excluding tert-OH is 1. The fourth-order valence-corrected chi connectivity index (χ4v) is 2.34. The Balaban J connectivity index is 2.02. The van der Waals surface area contributed by atoms with Crippen molar-refractivity contribution in [1.82, 2.24) is 5.32 Å². The molecule has 1 atom stereocenters. The topological polar surface area (TPSA) is 50.7 Å². The number of ether oxygens (including phenoxy) is 2. The molecule has 2 aromatic carbocycles. The second-order valence-electron chi connectivity index (χ2n) is 5.20. The van der Waals surface area contributed by atoms with Crippen molar-refractivity contribution in [1.29, 1.82) is 0 Å². The molecule has 0 aliphatic rings. The molecule has 2 aromatic rings. The van der Waals surface area contributed by atoms with Crippen molar-refractivity contribution in [3.8, 4) is 11.5 Å². The van der Waals surface area contributed by atoms with Crippen LogP contribution in [0.3, 0.4) is 0 Å². The van der Waals surface area contributed by atoms with Crippen molar-refractivity contribution in [2.24, 2.45) is 0 Å². The first kappa shape index (κ1) is 16.3. The van der Waals surface area contributed by atoms with Gasteiger partial charge in [0.05, 0.1) is 20.8 Å². The first-order valence-corrected chi connectivity index (χ1v) is 7.32. The minimum absolute atomic E-state index is 0.0657. The van der Waals surface area contributed by atoms with Gasteiger partial charge in [0, 0.05) is 12.6 Å². The van der Waals surface area contributed by atoms with Gasteiger partial charge in [0.2, 0.25) is 0 Å². The van der Waals surface area contributed by atoms with E-state index in [4.69, 9.17) is 9.47 Å². The van der Waals surface area contributed by atoms with Crippen LogP contribution in [0.2, 0.25) is 0 Å². The summed E-state index contributed by atoms with van der Waals surface area (Å²) < 4.78 is 10.6. The normalized spacial score (nSPS) is 12.0. The molecule has 4 nitrogen and oxygen atoms in total. The maximum absolute atomic E-state index is 9.21. The van der Waals surface area contributed by atoms with Gasteiger partial charge in [0.1, 0.15) is 0 Å². The molecule has 0 bridgehead atoms. The lowest BCUT2D eigenvalue weighted by Gasteiger charge is -2.16. The Kier molecular flexibility index (Phi) is 5.81. The lowest BCUT2D eigenvalue weighted by molar-refractivity contribution is 0.281. The van der Waals surface area contributed by atoms with Crippen molar-refractivity contribution in [2.45, 2.75) is 26.1 Å². The molecule has 0 aromatic heterocycles. The summed E-state index contributed by atoms with van der Waals surface area (Å²) >= 11 is 0. The van der Waals surface area contributed by atoms with Crippen molar-refractivity contribution in [3.05, 3.63) is 59.2 Å². The zero-order valence-electron chi connectivity index (χ0n) is 13.3. The molecule has 22 heavy (non-hydrogen) atoms. The molecule has 0 saturated heterocycles. The Bertz CT molecular complexity index is 613. The number of nitrogens with one attached hydrogen (secondary N) is 1. The standard InChI is InChI=1S/C18H23NO3/c1-13(16-6-4-5-15(9-16)12-20)19-11-14-7-8-17(21-2)18(10-14)22-3/h4-10,13,19-20H,11-12H2,1-3H3. The molecule has 0 saturated carbocycles. The van der Waals surface area contributed by atoms with E-state index in [0.29, 0.717) is 0 Å². The predicted octanol–water partition coefficient (Wildman–Crippen LogP) is 3.05. The van der Waals surface area contributed by atoms with E-state index in [1.165, 1.54) is 0 Å². The lowest BCUT2D eigenvalue weighted by atomic mass is 10.0. The van der Waals surface area contributed by atoms with E-state index in [9.17, 15) is 5.11 Å². The average molecular weight is 301 g/mol. The lowest BCUT2D eigenvalue weighted by Crippen LogP contribution is -2.18. The zero-order chi connectivity index (χ0) is 15.9. The molecule has 2 rings (SSSR count). The third kappa shape index (κ3) is 4.00. The summed E-state index contributed by atoms with van der Waals surface area (Å²) in [6.07, 6.45) is 0. The molecular formula is C18H23NO3. The fourth-order valence-electron chi connectivity index (χ4n) is 2.34. The number of benzene rings is 2. The van der Waals surface area contributed by atoms with Crippen LogP contribution in [0.5, 0.6) is 11.5 Å². The Labute approximate surface area is 131 Å². The molecular weight excluding hydrogens is 278 g/mol. The summed E-state index contributed by atoms with van der Waals surface area (Å²) in [5.74, 6) is 1.46. The maximum Gasteiger partial charge on any atom is 0.161 e. The molecule has 0 aliphatic heterocycles. The van der Waals surface area contributed by atoms with E-state index in [1.807, 2.05) is 36.4 Å². The van der Waals surface area contributed by atoms with Crippen LogP contribution in [0.1, 0.15) is 29.7 Å². The number of hydrogen-bond acceptors (Lipinski definition) is 4. The van der Waals surface area contributed by atoms with E-state index in [2.05, 4.69) is 18.3 Å². The SMILES string of the molecule is COc1ccc(CNC(C)c2cccc(CO)c2)cc1OC. The van der Waals surface area contributed by atoms with Crippen LogP contribution in [0.25, 0.3) is 0 Å². The highest BCUT2D eigenvalue weighted by molar-refractivity contribution is 5.42. The van der Waals surface area contributed by atoms with Gasteiger partial charge in [-0.1, -0.05) is 30.3 Å². The minimum atomic E-state index is 0.0657. The molecule has 0 radical (unpaired) electrons. The van der Waals surface area contributed by atoms with Gasteiger partial charge in [-0.05, 0) is 35.7 Å². The maximum atomic E-state index is 9.21. The van der Waals surface area contributed by atoms with Gasteiger partial charge in [-0.3, -0.25) is 0 Å². The highest BCUT2D eigenvalue weighted by Crippen LogP contribution is 2.27. The fraction of sp³-hybridized carbons (Fsp3) is 0.333. The van der Waals surface area contributed by atoms with Gasteiger partial charge < -0.3 is 19.9 Å². The largest absolute Gasteiger partial charge is 0.493 e. The molecule has 0 fully saturated rings. The van der Waals surface area contributed by atoms with Gasteiger partial charge in [-0.25, -0.2) is 0 Å². The van der Waals surface area contributed by atoms with E-state index in [1.54, 1.807) is 14.2 Å². The van der Waals surface area contributed by atoms with Gasteiger partial charge in [0.15, 0.2) is 11.5 Å². The van der Waals surface area contributed by atoms with Crippen LogP contribution in [0, 0.1) is 0 Å². The molecule has 2 N–H and O–H groups in total. The Morgan fingerprint density at radius 2 is 1.77 bits per heavy atom. The van der Waals surface area contributed by atoms with E-state index >= 15 is 0 Å². The van der Waals surface area contributed by atoms with Gasteiger partial charge in [-0.2, -0.15) is 0 Å². The molecule has 1 unspecified atom stereocenters. The summed E-state index contributed by atoms with van der Waals surface area (Å²) in [5, 5.41) is 12.7. The number of aliphatic hydroxyl groups is 1. The average Bonchev–Trinajstić information content (AvgIpc) is 2.59. The van der Waals surface area contributed by atoms with E-state index in [0.717, 1.165) is 34.7 Å². The molecule has 0 spiro atoms. The third-order valence-electron chi connectivity index (χ3n) is 3.69. The van der Waals surface area contributed by atoms with E-state index in [-0.39, 0.29) is 12.6 Å². The van der Waals surface area contributed by atoms with Gasteiger partial charge in [0.25, 0.3) is 0 Å². The quantitative estimate of drug-likeness (QED) is 0.825. The van der Waals surface area contributed by atoms with Crippen molar-refractivity contribution in [2.75, 3.05) is 14.2 Å².